The average molecular weight is 431 g/mol. The number of benzene rings is 1. The molecular formula is C23H34N4O4. The summed E-state index contributed by atoms with van der Waals surface area (Å²) in [6.07, 6.45) is 2.69. The van der Waals surface area contributed by atoms with Crippen molar-refractivity contribution in [3.63, 3.8) is 0 Å². The maximum absolute atomic E-state index is 12.1. The number of carbonyl (C=O) groups is 3. The zero-order chi connectivity index (χ0) is 22.4. The summed E-state index contributed by atoms with van der Waals surface area (Å²) in [5.41, 5.74) is 1.68. The first-order valence-corrected chi connectivity index (χ1v) is 11.1. The van der Waals surface area contributed by atoms with Gasteiger partial charge in [0, 0.05) is 38.3 Å². The molecule has 0 radical (unpaired) electrons. The van der Waals surface area contributed by atoms with Crippen molar-refractivity contribution in [3.8, 4) is 0 Å². The fourth-order valence-corrected chi connectivity index (χ4v) is 3.79. The summed E-state index contributed by atoms with van der Waals surface area (Å²) in [5, 5.41) is 5.56. The van der Waals surface area contributed by atoms with E-state index in [9.17, 15) is 14.4 Å². The maximum atomic E-state index is 12.1. The van der Waals surface area contributed by atoms with Gasteiger partial charge in [-0.2, -0.15) is 0 Å². The van der Waals surface area contributed by atoms with E-state index in [1.54, 1.807) is 4.90 Å². The molecule has 0 spiro atoms. The van der Waals surface area contributed by atoms with Crippen molar-refractivity contribution in [1.82, 2.24) is 15.1 Å². The Labute approximate surface area is 184 Å². The Morgan fingerprint density at radius 2 is 1.81 bits per heavy atom. The standard InChI is InChI=1S/C23H34N4O4/c1-23(2,3)31-22(30)27-15-13-26(14-16-27)12-4-5-17-6-8-18(9-7-17)24-19-10-11-20(28)25-21(19)29/h6-9,19,24H,4-5,10-16H2,1-3H3,(H,25,28,29). The number of anilines is 1. The van der Waals surface area contributed by atoms with Gasteiger partial charge in [-0.3, -0.25) is 19.8 Å². The largest absolute Gasteiger partial charge is 0.444 e. The summed E-state index contributed by atoms with van der Waals surface area (Å²) in [6, 6.07) is 7.77. The quantitative estimate of drug-likeness (QED) is 0.674. The van der Waals surface area contributed by atoms with Crippen LogP contribution >= 0.6 is 0 Å². The van der Waals surface area contributed by atoms with Crippen LogP contribution in [0.15, 0.2) is 24.3 Å². The fourth-order valence-electron chi connectivity index (χ4n) is 3.79. The van der Waals surface area contributed by atoms with E-state index in [2.05, 4.69) is 27.7 Å². The van der Waals surface area contributed by atoms with Gasteiger partial charge in [0.2, 0.25) is 11.8 Å². The van der Waals surface area contributed by atoms with E-state index >= 15 is 0 Å². The molecule has 1 atom stereocenters. The van der Waals surface area contributed by atoms with Crippen LogP contribution in [0, 0.1) is 0 Å². The van der Waals surface area contributed by atoms with E-state index in [1.165, 1.54) is 5.56 Å². The van der Waals surface area contributed by atoms with Crippen molar-refractivity contribution in [2.45, 2.75) is 58.1 Å². The number of hydrogen-bond donors (Lipinski definition) is 2. The van der Waals surface area contributed by atoms with Crippen LogP contribution in [0.25, 0.3) is 0 Å². The molecule has 3 rings (SSSR count). The number of rotatable bonds is 6. The van der Waals surface area contributed by atoms with Gasteiger partial charge in [0.05, 0.1) is 0 Å². The maximum Gasteiger partial charge on any atom is 0.410 e. The molecule has 1 aromatic carbocycles. The highest BCUT2D eigenvalue weighted by Gasteiger charge is 2.27. The van der Waals surface area contributed by atoms with Crippen LogP contribution in [-0.4, -0.2) is 72.1 Å². The van der Waals surface area contributed by atoms with E-state index < -0.39 is 5.60 Å². The lowest BCUT2D eigenvalue weighted by molar-refractivity contribution is -0.133. The third-order valence-corrected chi connectivity index (χ3v) is 5.50. The smallest absolute Gasteiger partial charge is 0.410 e. The minimum Gasteiger partial charge on any atom is -0.444 e. The molecule has 0 bridgehead atoms. The molecule has 0 saturated carbocycles. The van der Waals surface area contributed by atoms with Crippen LogP contribution in [0.4, 0.5) is 10.5 Å². The van der Waals surface area contributed by atoms with Crippen LogP contribution in [0.2, 0.25) is 0 Å². The lowest BCUT2D eigenvalue weighted by Gasteiger charge is -2.35. The first-order chi connectivity index (χ1) is 14.7. The number of hydrogen-bond acceptors (Lipinski definition) is 6. The number of nitrogens with one attached hydrogen (secondary N) is 2. The van der Waals surface area contributed by atoms with Gasteiger partial charge in [-0.1, -0.05) is 12.1 Å². The van der Waals surface area contributed by atoms with Crippen LogP contribution in [0.3, 0.4) is 0 Å². The highest BCUT2D eigenvalue weighted by Crippen LogP contribution is 2.16. The Bertz CT molecular complexity index is 780. The van der Waals surface area contributed by atoms with E-state index in [0.29, 0.717) is 25.9 Å². The van der Waals surface area contributed by atoms with Crippen molar-refractivity contribution >= 4 is 23.6 Å². The highest BCUT2D eigenvalue weighted by molar-refractivity contribution is 6.01. The molecule has 2 N–H and O–H groups in total. The molecule has 1 unspecified atom stereocenters. The number of piperidine rings is 1. The van der Waals surface area contributed by atoms with Gasteiger partial charge in [0.25, 0.3) is 0 Å². The van der Waals surface area contributed by atoms with Crippen molar-refractivity contribution in [3.05, 3.63) is 29.8 Å². The molecule has 3 amide bonds. The van der Waals surface area contributed by atoms with E-state index in [-0.39, 0.29) is 23.9 Å². The van der Waals surface area contributed by atoms with Crippen LogP contribution in [0.1, 0.15) is 45.6 Å². The third kappa shape index (κ3) is 7.24. The Morgan fingerprint density at radius 3 is 2.42 bits per heavy atom. The Kier molecular flexibility index (Phi) is 7.54. The number of ether oxygens (including phenoxy) is 1. The van der Waals surface area contributed by atoms with Crippen LogP contribution < -0.4 is 10.6 Å². The molecule has 8 nitrogen and oxygen atoms in total. The van der Waals surface area contributed by atoms with Crippen molar-refractivity contribution in [2.24, 2.45) is 0 Å². The van der Waals surface area contributed by atoms with Crippen LogP contribution in [-0.2, 0) is 20.7 Å². The zero-order valence-corrected chi connectivity index (χ0v) is 18.8. The molecule has 0 aliphatic carbocycles. The van der Waals surface area contributed by atoms with E-state index in [1.807, 2.05) is 32.9 Å². The number of carbonyl (C=O) groups excluding carboxylic acids is 3. The molecule has 8 heteroatoms. The monoisotopic (exact) mass is 430 g/mol. The number of piperazine rings is 1. The molecule has 2 aliphatic rings. The lowest BCUT2D eigenvalue weighted by Crippen LogP contribution is -2.50. The summed E-state index contributed by atoms with van der Waals surface area (Å²) < 4.78 is 5.45. The Balaban J connectivity index is 1.35. The minimum atomic E-state index is -0.457. The summed E-state index contributed by atoms with van der Waals surface area (Å²) in [7, 11) is 0. The first-order valence-electron chi connectivity index (χ1n) is 11.1. The number of amides is 3. The molecule has 31 heavy (non-hydrogen) atoms. The molecule has 170 valence electrons. The van der Waals surface area contributed by atoms with E-state index in [4.69, 9.17) is 4.74 Å². The SMILES string of the molecule is CC(C)(C)OC(=O)N1CCN(CCCc2ccc(NC3CCC(=O)NC3=O)cc2)CC1. The number of nitrogens with zero attached hydrogens (tertiary/aromatic N) is 2. The summed E-state index contributed by atoms with van der Waals surface area (Å²) in [6.45, 7) is 9.81. The van der Waals surface area contributed by atoms with Gasteiger partial charge in [0.1, 0.15) is 11.6 Å². The Morgan fingerprint density at radius 1 is 1.13 bits per heavy atom. The second-order valence-electron chi connectivity index (χ2n) is 9.26. The predicted octanol–water partition coefficient (Wildman–Crippen LogP) is 2.39. The van der Waals surface area contributed by atoms with Crippen molar-refractivity contribution in [2.75, 3.05) is 38.0 Å². The minimum absolute atomic E-state index is 0.204. The van der Waals surface area contributed by atoms with Gasteiger partial charge in [-0.25, -0.2) is 4.79 Å². The highest BCUT2D eigenvalue weighted by atomic mass is 16.6. The molecule has 0 aromatic heterocycles. The summed E-state index contributed by atoms with van der Waals surface area (Å²) in [4.78, 5) is 39.4. The average Bonchev–Trinajstić information content (AvgIpc) is 2.70. The fraction of sp³-hybridized carbons (Fsp3) is 0.609. The second kappa shape index (κ2) is 10.1. The molecule has 2 heterocycles. The molecular weight excluding hydrogens is 396 g/mol. The molecule has 2 fully saturated rings. The molecule has 2 saturated heterocycles. The second-order valence-corrected chi connectivity index (χ2v) is 9.26. The first kappa shape index (κ1) is 23.1. The van der Waals surface area contributed by atoms with Gasteiger partial charge in [-0.05, 0) is 64.3 Å². The topological polar surface area (TPSA) is 91.0 Å². The normalized spacial score (nSPS) is 20.4. The lowest BCUT2D eigenvalue weighted by atomic mass is 10.0. The number of imide groups is 1. The number of aryl methyl sites for hydroxylation is 1. The third-order valence-electron chi connectivity index (χ3n) is 5.50. The molecule has 2 aliphatic heterocycles. The van der Waals surface area contributed by atoms with Gasteiger partial charge >= 0.3 is 6.09 Å². The predicted molar refractivity (Wildman–Crippen MR) is 119 cm³/mol. The Hall–Kier alpha value is -2.61. The summed E-state index contributed by atoms with van der Waals surface area (Å²) >= 11 is 0. The zero-order valence-electron chi connectivity index (χ0n) is 18.8. The van der Waals surface area contributed by atoms with Crippen molar-refractivity contribution in [1.29, 1.82) is 0 Å². The molecule has 1 aromatic rings. The van der Waals surface area contributed by atoms with Crippen LogP contribution in [0.5, 0.6) is 0 Å². The van der Waals surface area contributed by atoms with Gasteiger partial charge in [-0.15, -0.1) is 0 Å². The summed E-state index contributed by atoms with van der Waals surface area (Å²) in [5.74, 6) is -0.461. The van der Waals surface area contributed by atoms with Gasteiger partial charge in [0.15, 0.2) is 0 Å². The van der Waals surface area contributed by atoms with E-state index in [0.717, 1.165) is 38.2 Å². The van der Waals surface area contributed by atoms with Crippen molar-refractivity contribution < 1.29 is 19.1 Å². The van der Waals surface area contributed by atoms with Gasteiger partial charge < -0.3 is 15.0 Å².